The second kappa shape index (κ2) is 5.40. The van der Waals surface area contributed by atoms with Gasteiger partial charge in [-0.3, -0.25) is 0 Å². The van der Waals surface area contributed by atoms with Crippen LogP contribution in [0, 0.1) is 11.3 Å². The molecule has 0 saturated heterocycles. The van der Waals surface area contributed by atoms with Gasteiger partial charge in [-0.15, -0.1) is 0 Å². The summed E-state index contributed by atoms with van der Waals surface area (Å²) in [5.41, 5.74) is 0.369. The maximum Gasteiger partial charge on any atom is -0.0152 e. The number of unbranched alkanes of at least 4 members (excludes halogenated alkanes) is 2. The molecule has 0 amide bonds. The van der Waals surface area contributed by atoms with E-state index in [1.54, 1.807) is 0 Å². The Morgan fingerprint density at radius 3 is 2.25 bits per heavy atom. The normalized spacial score (nSPS) is 13.2. The summed E-state index contributed by atoms with van der Waals surface area (Å²) < 4.78 is 0. The van der Waals surface area contributed by atoms with Crippen LogP contribution < -0.4 is 0 Å². The second-order valence-electron chi connectivity index (χ2n) is 4.52. The Balaban J connectivity index is 3.80. The van der Waals surface area contributed by atoms with E-state index in [1.807, 2.05) is 0 Å². The van der Waals surface area contributed by atoms with Gasteiger partial charge in [-0.25, -0.2) is 0 Å². The molecule has 0 aromatic carbocycles. The molecular weight excluding hydrogens is 144 g/mol. The molecule has 0 aliphatic carbocycles. The third-order valence-corrected chi connectivity index (χ3v) is 2.76. The Hall–Kier alpha value is -0.260. The van der Waals surface area contributed by atoms with E-state index in [-0.39, 0.29) is 0 Å². The van der Waals surface area contributed by atoms with E-state index in [1.165, 1.54) is 19.3 Å². The fraction of sp³-hybridized carbons (Fsp3) is 0.833. The molecule has 12 heavy (non-hydrogen) atoms. The Kier molecular flexibility index (Phi) is 5.28. The minimum absolute atomic E-state index is 0.369. The summed E-state index contributed by atoms with van der Waals surface area (Å²) in [7, 11) is 0. The van der Waals surface area contributed by atoms with Crippen LogP contribution in [0.4, 0.5) is 0 Å². The SMILES string of the molecule is CCCC/C=C/C(C)(C)C(C)C. The van der Waals surface area contributed by atoms with Crippen LogP contribution in [0.25, 0.3) is 0 Å². The lowest BCUT2D eigenvalue weighted by atomic mass is 9.81. The quantitative estimate of drug-likeness (QED) is 0.421. The summed E-state index contributed by atoms with van der Waals surface area (Å²) in [5.74, 6) is 0.732. The van der Waals surface area contributed by atoms with E-state index >= 15 is 0 Å². The molecule has 72 valence electrons. The third-order valence-electron chi connectivity index (χ3n) is 2.76. The molecule has 0 aromatic heterocycles. The number of hydrogen-bond acceptors (Lipinski definition) is 0. The van der Waals surface area contributed by atoms with E-state index in [0.29, 0.717) is 5.41 Å². The van der Waals surface area contributed by atoms with Crippen LogP contribution in [-0.4, -0.2) is 0 Å². The van der Waals surface area contributed by atoms with Crippen molar-refractivity contribution >= 4 is 0 Å². The molecule has 0 heteroatoms. The van der Waals surface area contributed by atoms with Gasteiger partial charge in [0.2, 0.25) is 0 Å². The Morgan fingerprint density at radius 1 is 1.25 bits per heavy atom. The van der Waals surface area contributed by atoms with E-state index in [0.717, 1.165) is 5.92 Å². The van der Waals surface area contributed by atoms with Gasteiger partial charge < -0.3 is 0 Å². The van der Waals surface area contributed by atoms with E-state index in [9.17, 15) is 0 Å². The van der Waals surface area contributed by atoms with Gasteiger partial charge in [-0.2, -0.15) is 0 Å². The predicted molar refractivity (Wildman–Crippen MR) is 57.3 cm³/mol. The average Bonchev–Trinajstić information content (AvgIpc) is 1.98. The molecule has 0 atom stereocenters. The first-order valence-corrected chi connectivity index (χ1v) is 5.18. The maximum absolute atomic E-state index is 2.37. The van der Waals surface area contributed by atoms with Crippen LogP contribution >= 0.6 is 0 Å². The van der Waals surface area contributed by atoms with E-state index in [4.69, 9.17) is 0 Å². The van der Waals surface area contributed by atoms with E-state index < -0.39 is 0 Å². The topological polar surface area (TPSA) is 0 Å². The molecular formula is C12H24. The highest BCUT2D eigenvalue weighted by Gasteiger charge is 2.17. The fourth-order valence-electron chi connectivity index (χ4n) is 0.902. The van der Waals surface area contributed by atoms with Crippen molar-refractivity contribution in [1.29, 1.82) is 0 Å². The summed E-state index contributed by atoms with van der Waals surface area (Å²) in [6.07, 6.45) is 8.57. The van der Waals surface area contributed by atoms with E-state index in [2.05, 4.69) is 46.8 Å². The van der Waals surface area contributed by atoms with Gasteiger partial charge in [0.15, 0.2) is 0 Å². The molecule has 0 aliphatic heterocycles. The Labute approximate surface area is 78.1 Å². The van der Waals surface area contributed by atoms with Crippen LogP contribution in [0.15, 0.2) is 12.2 Å². The first-order valence-electron chi connectivity index (χ1n) is 5.18. The molecule has 0 N–H and O–H groups in total. The first kappa shape index (κ1) is 11.7. The summed E-state index contributed by atoms with van der Waals surface area (Å²) in [6, 6.07) is 0. The summed E-state index contributed by atoms with van der Waals surface area (Å²) in [4.78, 5) is 0. The van der Waals surface area contributed by atoms with Crippen molar-refractivity contribution in [3.63, 3.8) is 0 Å². The predicted octanol–water partition coefficient (Wildman–Crippen LogP) is 4.42. The fourth-order valence-corrected chi connectivity index (χ4v) is 0.902. The largest absolute Gasteiger partial charge is 0.0880 e. The molecule has 0 nitrogen and oxygen atoms in total. The average molecular weight is 168 g/mol. The summed E-state index contributed by atoms with van der Waals surface area (Å²) >= 11 is 0. The lowest BCUT2D eigenvalue weighted by molar-refractivity contribution is 0.332. The zero-order valence-corrected chi connectivity index (χ0v) is 9.35. The van der Waals surface area contributed by atoms with Crippen LogP contribution in [0.5, 0.6) is 0 Å². The molecule has 0 bridgehead atoms. The maximum atomic E-state index is 2.37. The standard InChI is InChI=1S/C12H24/c1-6-7-8-9-10-12(4,5)11(2)3/h9-11H,6-8H2,1-5H3/b10-9+. The molecule has 0 spiro atoms. The van der Waals surface area contributed by atoms with Crippen molar-refractivity contribution in [3.8, 4) is 0 Å². The zero-order valence-electron chi connectivity index (χ0n) is 9.35. The van der Waals surface area contributed by atoms with Crippen LogP contribution in [0.2, 0.25) is 0 Å². The Bertz CT molecular complexity index is 129. The number of allylic oxidation sites excluding steroid dienone is 2. The van der Waals surface area contributed by atoms with Crippen molar-refractivity contribution in [2.24, 2.45) is 11.3 Å². The highest BCUT2D eigenvalue weighted by Crippen LogP contribution is 2.27. The third kappa shape index (κ3) is 4.58. The molecule has 0 aliphatic rings. The zero-order chi connectivity index (χ0) is 9.61. The van der Waals surface area contributed by atoms with Gasteiger partial charge in [-0.1, -0.05) is 59.6 Å². The molecule has 0 fully saturated rings. The van der Waals surface area contributed by atoms with Gasteiger partial charge in [0.25, 0.3) is 0 Å². The smallest absolute Gasteiger partial charge is 0.0152 e. The van der Waals surface area contributed by atoms with Crippen molar-refractivity contribution < 1.29 is 0 Å². The molecule has 0 unspecified atom stereocenters. The lowest BCUT2D eigenvalue weighted by Gasteiger charge is -2.25. The van der Waals surface area contributed by atoms with Crippen molar-refractivity contribution in [1.82, 2.24) is 0 Å². The minimum Gasteiger partial charge on any atom is -0.0880 e. The molecule has 0 rings (SSSR count). The molecule has 0 aromatic rings. The molecule has 0 radical (unpaired) electrons. The monoisotopic (exact) mass is 168 g/mol. The van der Waals surface area contributed by atoms with Crippen molar-refractivity contribution in [2.45, 2.75) is 53.9 Å². The number of rotatable bonds is 5. The summed E-state index contributed by atoms with van der Waals surface area (Å²) in [6.45, 7) is 11.4. The van der Waals surface area contributed by atoms with Gasteiger partial charge in [0, 0.05) is 0 Å². The molecule has 0 heterocycles. The van der Waals surface area contributed by atoms with Gasteiger partial charge in [-0.05, 0) is 17.8 Å². The van der Waals surface area contributed by atoms with Gasteiger partial charge >= 0.3 is 0 Å². The van der Waals surface area contributed by atoms with Crippen LogP contribution in [0.3, 0.4) is 0 Å². The minimum atomic E-state index is 0.369. The van der Waals surface area contributed by atoms with Crippen molar-refractivity contribution in [2.75, 3.05) is 0 Å². The first-order chi connectivity index (χ1) is 5.50. The Morgan fingerprint density at radius 2 is 1.83 bits per heavy atom. The second-order valence-corrected chi connectivity index (χ2v) is 4.52. The highest BCUT2D eigenvalue weighted by atomic mass is 14.2. The van der Waals surface area contributed by atoms with Crippen LogP contribution in [-0.2, 0) is 0 Å². The van der Waals surface area contributed by atoms with Gasteiger partial charge in [0.05, 0.1) is 0 Å². The lowest BCUT2D eigenvalue weighted by Crippen LogP contribution is -2.15. The van der Waals surface area contributed by atoms with Gasteiger partial charge in [0.1, 0.15) is 0 Å². The highest BCUT2D eigenvalue weighted by molar-refractivity contribution is 4.96. The summed E-state index contributed by atoms with van der Waals surface area (Å²) in [5, 5.41) is 0. The van der Waals surface area contributed by atoms with Crippen LogP contribution in [0.1, 0.15) is 53.9 Å². The number of hydrogen-bond donors (Lipinski definition) is 0. The molecule has 0 saturated carbocycles. The van der Waals surface area contributed by atoms with Crippen molar-refractivity contribution in [3.05, 3.63) is 12.2 Å².